The van der Waals surface area contributed by atoms with Crippen LogP contribution in [0.25, 0.3) is 6.08 Å². The van der Waals surface area contributed by atoms with Crippen LogP contribution >= 0.6 is 0 Å². The number of nitrogens with one attached hydrogen (secondary N) is 1. The van der Waals surface area contributed by atoms with Gasteiger partial charge in [-0.3, -0.25) is 14.6 Å². The van der Waals surface area contributed by atoms with Gasteiger partial charge in [-0.25, -0.2) is 8.42 Å². The highest BCUT2D eigenvalue weighted by Gasteiger charge is 2.48. The van der Waals surface area contributed by atoms with Gasteiger partial charge in [0.15, 0.2) is 11.5 Å². The highest BCUT2D eigenvalue weighted by atomic mass is 32.2. The van der Waals surface area contributed by atoms with Gasteiger partial charge in [0.25, 0.3) is 11.8 Å². The van der Waals surface area contributed by atoms with Crippen LogP contribution in [0.3, 0.4) is 0 Å². The van der Waals surface area contributed by atoms with E-state index in [1.807, 2.05) is 13.8 Å². The minimum atomic E-state index is -3.84. The molecule has 0 radical (unpaired) electrons. The van der Waals surface area contributed by atoms with Gasteiger partial charge in [0.2, 0.25) is 10.0 Å². The van der Waals surface area contributed by atoms with Gasteiger partial charge in [0.05, 0.1) is 6.10 Å². The van der Waals surface area contributed by atoms with Crippen molar-refractivity contribution < 1.29 is 41.4 Å². The monoisotopic (exact) mass is 630 g/mol. The van der Waals surface area contributed by atoms with Gasteiger partial charge in [-0.05, 0) is 92.6 Å². The number of sulfonamides is 1. The lowest BCUT2D eigenvalue weighted by molar-refractivity contribution is -0.286. The Morgan fingerprint density at radius 2 is 1.68 bits per heavy atom. The van der Waals surface area contributed by atoms with Crippen molar-refractivity contribution in [2.75, 3.05) is 26.2 Å². The van der Waals surface area contributed by atoms with E-state index in [1.54, 1.807) is 17.0 Å². The summed E-state index contributed by atoms with van der Waals surface area (Å²) >= 11 is 0. The Kier molecular flexibility index (Phi) is 7.49. The highest BCUT2D eigenvalue weighted by molar-refractivity contribution is 7.92. The number of halogens is 2. The number of hydrogen-bond acceptors (Lipinski definition) is 8. The number of rotatable bonds is 5. The van der Waals surface area contributed by atoms with E-state index >= 15 is 0 Å². The number of aliphatic imine (C=N–C) groups is 1. The Labute approximate surface area is 253 Å². The van der Waals surface area contributed by atoms with Crippen LogP contribution in [0.2, 0.25) is 0 Å². The number of fused-ring (bicyclic) bond motifs is 1. The fraction of sp³-hybridized carbons (Fsp3) is 0.433. The SMILES string of the molecule is Cc1cc(C(=O)N2CCC(O)CC2)cc(C)c1/C=C/S(=O)(=O)N1CCC2(CC1)N=C(c1ccc3c(c1)OC(F)(F)O3)NC2=O. The van der Waals surface area contributed by atoms with Crippen LogP contribution in [-0.4, -0.2) is 84.5 Å². The van der Waals surface area contributed by atoms with Crippen molar-refractivity contribution in [3.8, 4) is 11.5 Å². The van der Waals surface area contributed by atoms with Crippen molar-refractivity contribution in [3.63, 3.8) is 0 Å². The molecule has 2 aromatic rings. The number of amidine groups is 1. The van der Waals surface area contributed by atoms with Crippen molar-refractivity contribution >= 4 is 33.7 Å². The van der Waals surface area contributed by atoms with Crippen molar-refractivity contribution in [3.05, 3.63) is 63.6 Å². The maximum absolute atomic E-state index is 13.4. The third-order valence-corrected chi connectivity index (χ3v) is 10.1. The highest BCUT2D eigenvalue weighted by Crippen LogP contribution is 2.42. The molecule has 2 saturated heterocycles. The summed E-state index contributed by atoms with van der Waals surface area (Å²) in [4.78, 5) is 32.3. The lowest BCUT2D eigenvalue weighted by atomic mass is 9.89. The molecule has 0 aliphatic carbocycles. The second kappa shape index (κ2) is 10.9. The van der Waals surface area contributed by atoms with E-state index in [4.69, 9.17) is 0 Å². The van der Waals surface area contributed by atoms with Crippen LogP contribution in [0.15, 0.2) is 40.7 Å². The Morgan fingerprint density at radius 1 is 1.05 bits per heavy atom. The normalized spacial score (nSPS) is 21.6. The molecule has 0 atom stereocenters. The number of carbonyl (C=O) groups is 2. The molecule has 44 heavy (non-hydrogen) atoms. The molecule has 2 fully saturated rings. The number of piperidine rings is 2. The molecule has 11 nitrogen and oxygen atoms in total. The first kappa shape index (κ1) is 30.2. The molecule has 14 heteroatoms. The van der Waals surface area contributed by atoms with Crippen molar-refractivity contribution in [2.45, 2.75) is 57.5 Å². The van der Waals surface area contributed by atoms with Crippen LogP contribution in [0.1, 0.15) is 58.3 Å². The van der Waals surface area contributed by atoms with Crippen LogP contribution in [-0.2, 0) is 14.8 Å². The molecular weight excluding hydrogens is 598 g/mol. The first-order chi connectivity index (χ1) is 20.8. The molecule has 0 bridgehead atoms. The molecule has 4 aliphatic rings. The van der Waals surface area contributed by atoms with E-state index in [-0.39, 0.29) is 61.2 Å². The Bertz CT molecular complexity index is 1670. The van der Waals surface area contributed by atoms with E-state index in [0.29, 0.717) is 42.6 Å². The third kappa shape index (κ3) is 5.69. The van der Waals surface area contributed by atoms with Crippen molar-refractivity contribution in [1.82, 2.24) is 14.5 Å². The predicted octanol–water partition coefficient (Wildman–Crippen LogP) is 2.93. The topological polar surface area (TPSA) is 138 Å². The van der Waals surface area contributed by atoms with E-state index in [9.17, 15) is 31.9 Å². The molecule has 234 valence electrons. The summed E-state index contributed by atoms with van der Waals surface area (Å²) in [5.41, 5.74) is 1.91. The van der Waals surface area contributed by atoms with Gasteiger partial charge in [0.1, 0.15) is 11.4 Å². The van der Waals surface area contributed by atoms with Gasteiger partial charge < -0.3 is 24.8 Å². The Morgan fingerprint density at radius 3 is 2.34 bits per heavy atom. The van der Waals surface area contributed by atoms with Crippen molar-refractivity contribution in [1.29, 1.82) is 0 Å². The number of aliphatic hydroxyl groups is 1. The summed E-state index contributed by atoms with van der Waals surface area (Å²) in [5, 5.41) is 13.6. The van der Waals surface area contributed by atoms with Crippen LogP contribution in [0, 0.1) is 13.8 Å². The summed E-state index contributed by atoms with van der Waals surface area (Å²) < 4.78 is 63.5. The minimum Gasteiger partial charge on any atom is -0.395 e. The molecule has 0 aromatic heterocycles. The van der Waals surface area contributed by atoms with Crippen LogP contribution in [0.5, 0.6) is 11.5 Å². The molecule has 0 unspecified atom stereocenters. The van der Waals surface area contributed by atoms with E-state index in [1.165, 1.54) is 28.6 Å². The molecule has 4 aliphatic heterocycles. The fourth-order valence-electron chi connectivity index (χ4n) is 6.05. The second-order valence-electron chi connectivity index (χ2n) is 11.6. The average molecular weight is 631 g/mol. The number of carbonyl (C=O) groups excluding carboxylic acids is 2. The predicted molar refractivity (Wildman–Crippen MR) is 156 cm³/mol. The summed E-state index contributed by atoms with van der Waals surface area (Å²) in [6, 6.07) is 7.60. The molecule has 0 saturated carbocycles. The first-order valence-corrected chi connectivity index (χ1v) is 15.8. The lowest BCUT2D eigenvalue weighted by Crippen LogP contribution is -2.50. The Hall–Kier alpha value is -3.88. The van der Waals surface area contributed by atoms with E-state index in [2.05, 4.69) is 19.8 Å². The quantitative estimate of drug-likeness (QED) is 0.518. The summed E-state index contributed by atoms with van der Waals surface area (Å²) in [7, 11) is -3.84. The summed E-state index contributed by atoms with van der Waals surface area (Å²) in [6.45, 7) is 4.73. The summed E-state index contributed by atoms with van der Waals surface area (Å²) in [6.07, 6.45) is -1.26. The lowest BCUT2D eigenvalue weighted by Gasteiger charge is -2.34. The molecule has 6 rings (SSSR count). The Balaban J connectivity index is 1.12. The zero-order valence-corrected chi connectivity index (χ0v) is 25.0. The molecule has 1 spiro atoms. The number of ether oxygens (including phenoxy) is 2. The number of likely N-dealkylation sites (tertiary alicyclic amines) is 1. The van der Waals surface area contributed by atoms with Gasteiger partial charge in [-0.1, -0.05) is 0 Å². The maximum Gasteiger partial charge on any atom is 0.586 e. The maximum atomic E-state index is 13.4. The van der Waals surface area contributed by atoms with Gasteiger partial charge in [-0.2, -0.15) is 4.31 Å². The first-order valence-electron chi connectivity index (χ1n) is 14.3. The van der Waals surface area contributed by atoms with Crippen molar-refractivity contribution in [2.24, 2.45) is 4.99 Å². The molecule has 4 heterocycles. The minimum absolute atomic E-state index is 0.0557. The molecule has 2 amide bonds. The third-order valence-electron chi connectivity index (χ3n) is 8.56. The fourth-order valence-corrected chi connectivity index (χ4v) is 7.22. The van der Waals surface area contributed by atoms with Gasteiger partial charge in [0, 0.05) is 42.7 Å². The second-order valence-corrected chi connectivity index (χ2v) is 13.4. The number of nitrogens with zero attached hydrogens (tertiary/aromatic N) is 3. The van der Waals surface area contributed by atoms with E-state index < -0.39 is 21.9 Å². The zero-order chi connectivity index (χ0) is 31.4. The van der Waals surface area contributed by atoms with Gasteiger partial charge >= 0.3 is 6.29 Å². The van der Waals surface area contributed by atoms with E-state index in [0.717, 1.165) is 16.5 Å². The van der Waals surface area contributed by atoms with Crippen LogP contribution in [0.4, 0.5) is 8.78 Å². The number of hydrogen-bond donors (Lipinski definition) is 2. The molecule has 2 N–H and O–H groups in total. The standard InChI is InChI=1S/C30H32F2N4O7S/c1-18-15-21(27(38)35-10-5-22(37)6-11-35)16-19(2)23(18)7-14-44(40,41)36-12-8-29(9-13-36)28(39)33-26(34-29)20-3-4-24-25(17-20)43-30(31,32)42-24/h3-4,7,14-17,22,37H,5-6,8-13H2,1-2H3,(H,33,34,39)/b14-7+. The number of alkyl halides is 2. The zero-order valence-electron chi connectivity index (χ0n) is 24.2. The largest absolute Gasteiger partial charge is 0.586 e. The number of amides is 2. The number of aryl methyl sites for hydroxylation is 2. The van der Waals surface area contributed by atoms with Gasteiger partial charge in [-0.15, -0.1) is 8.78 Å². The number of aliphatic hydroxyl groups excluding tert-OH is 1. The summed E-state index contributed by atoms with van der Waals surface area (Å²) in [5.74, 6) is -0.607. The van der Waals surface area contributed by atoms with Crippen LogP contribution < -0.4 is 14.8 Å². The number of benzene rings is 2. The smallest absolute Gasteiger partial charge is 0.395 e. The molecular formula is C30H32F2N4O7S. The average Bonchev–Trinajstić information content (AvgIpc) is 3.46. The molecule has 2 aromatic carbocycles.